The maximum Gasteiger partial charge on any atom is 2.00 e. The quantitative estimate of drug-likeness (QED) is 0.0748. The molecule has 3 heterocycles. The van der Waals surface area contributed by atoms with Crippen molar-refractivity contribution >= 4 is 21.8 Å². The monoisotopic (exact) mass is 929 g/mol. The summed E-state index contributed by atoms with van der Waals surface area (Å²) < 4.78 is 84.5. The van der Waals surface area contributed by atoms with Crippen molar-refractivity contribution < 1.29 is 47.8 Å². The molecule has 0 bridgehead atoms. The first-order chi connectivity index (χ1) is 25.3. The van der Waals surface area contributed by atoms with Gasteiger partial charge in [-0.3, -0.25) is 4.68 Å². The maximum absolute atomic E-state index is 15.5. The van der Waals surface area contributed by atoms with Gasteiger partial charge in [0.25, 0.3) is 0 Å². The average molecular weight is 930 g/mol. The van der Waals surface area contributed by atoms with Crippen LogP contribution in [0.3, 0.4) is 0 Å². The zero-order valence-corrected chi connectivity index (χ0v) is 34.1. The van der Waals surface area contributed by atoms with Crippen molar-refractivity contribution in [1.29, 1.82) is 0 Å². The zero-order valence-electron chi connectivity index (χ0n) is 31.8. The van der Waals surface area contributed by atoms with Crippen LogP contribution in [0.2, 0.25) is 0 Å². The van der Waals surface area contributed by atoms with E-state index >= 15 is 8.78 Å². The van der Waals surface area contributed by atoms with Crippen LogP contribution in [-0.2, 0) is 37.3 Å². The molecule has 0 aliphatic heterocycles. The molecule has 55 heavy (non-hydrogen) atoms. The molecule has 7 rings (SSSR count). The molecule has 7 aromatic rings. The molecule has 0 fully saturated rings. The summed E-state index contributed by atoms with van der Waals surface area (Å²) in [5, 5.41) is 6.77. The number of ether oxygens (including phenoxy) is 1. The number of halogens is 5. The summed E-state index contributed by atoms with van der Waals surface area (Å²) in [6.45, 7) is 17.0. The van der Waals surface area contributed by atoms with E-state index in [1.807, 2.05) is 36.4 Å². The van der Waals surface area contributed by atoms with Crippen LogP contribution in [0.15, 0.2) is 72.9 Å². The molecule has 3 aromatic heterocycles. The number of hydrogen-bond donors (Lipinski definition) is 0. The normalized spacial score (nSPS) is 12.4. The van der Waals surface area contributed by atoms with Crippen molar-refractivity contribution in [3.63, 3.8) is 0 Å². The van der Waals surface area contributed by atoms with Crippen molar-refractivity contribution in [3.05, 3.63) is 131 Å². The summed E-state index contributed by atoms with van der Waals surface area (Å²) in [5.41, 5.74) is 0.476. The SMILES string of the molecule is CC(C)(C)c1ccnc(-n2c3[c-]c(Oc4[c-]c(-n5nc(C(C)(C)C)c(-c6c(F)c(F)c(F)c(F)c6F)c5C(C)(C)C)ccc4)ccc3c3ccccc32)c1.[Pt+2]. The van der Waals surface area contributed by atoms with Gasteiger partial charge in [-0.25, -0.2) is 26.9 Å². The van der Waals surface area contributed by atoms with E-state index in [1.165, 1.54) is 4.68 Å². The third kappa shape index (κ3) is 6.99. The van der Waals surface area contributed by atoms with E-state index in [0.29, 0.717) is 11.4 Å². The van der Waals surface area contributed by atoms with Gasteiger partial charge in [0, 0.05) is 39.6 Å². The third-order valence-corrected chi connectivity index (χ3v) is 9.36. The van der Waals surface area contributed by atoms with E-state index in [0.717, 1.165) is 33.2 Å². The molecule has 0 spiro atoms. The van der Waals surface area contributed by atoms with Crippen LogP contribution in [-0.4, -0.2) is 19.3 Å². The van der Waals surface area contributed by atoms with Crippen LogP contribution in [0.4, 0.5) is 22.0 Å². The van der Waals surface area contributed by atoms with E-state index < -0.39 is 45.5 Å². The Hall–Kier alpha value is -4.82. The van der Waals surface area contributed by atoms with Crippen LogP contribution >= 0.6 is 0 Å². The van der Waals surface area contributed by atoms with Crippen LogP contribution in [0, 0.1) is 41.2 Å². The van der Waals surface area contributed by atoms with Crippen LogP contribution < -0.4 is 4.74 Å². The molecule has 286 valence electrons. The van der Waals surface area contributed by atoms with Gasteiger partial charge in [0.1, 0.15) is 5.82 Å². The van der Waals surface area contributed by atoms with Gasteiger partial charge in [-0.2, -0.15) is 17.2 Å². The average Bonchev–Trinajstić information content (AvgIpc) is 3.67. The van der Waals surface area contributed by atoms with Crippen LogP contribution in [0.1, 0.15) is 79.3 Å². The predicted molar refractivity (Wildman–Crippen MR) is 201 cm³/mol. The van der Waals surface area contributed by atoms with Gasteiger partial charge in [0.2, 0.25) is 5.82 Å². The minimum absolute atomic E-state index is 0. The van der Waals surface area contributed by atoms with Gasteiger partial charge in [-0.05, 0) is 40.3 Å². The number of pyridine rings is 1. The Kier molecular flexibility index (Phi) is 10.2. The van der Waals surface area contributed by atoms with Crippen molar-refractivity contribution in [2.24, 2.45) is 0 Å². The Bertz CT molecular complexity index is 2580. The molecule has 0 atom stereocenters. The second-order valence-corrected chi connectivity index (χ2v) is 16.5. The van der Waals surface area contributed by atoms with Crippen LogP contribution in [0.25, 0.3) is 44.4 Å². The Morgan fingerprint density at radius 3 is 1.89 bits per heavy atom. The van der Waals surface area contributed by atoms with E-state index in [1.54, 1.807) is 65.9 Å². The zero-order chi connectivity index (χ0) is 39.1. The summed E-state index contributed by atoms with van der Waals surface area (Å²) in [7, 11) is 0. The molecule has 4 aromatic carbocycles. The van der Waals surface area contributed by atoms with E-state index in [-0.39, 0.29) is 49.2 Å². The van der Waals surface area contributed by atoms with Gasteiger partial charge in [0.05, 0.1) is 17.0 Å². The predicted octanol–water partition coefficient (Wildman–Crippen LogP) is 12.0. The molecule has 11 heteroatoms. The number of aromatic nitrogens is 4. The molecular formula is C44H39F5N4OPt. The molecule has 0 saturated heterocycles. The van der Waals surface area contributed by atoms with Crippen molar-refractivity contribution in [2.45, 2.75) is 78.6 Å². The van der Waals surface area contributed by atoms with Crippen molar-refractivity contribution in [2.75, 3.05) is 0 Å². The number of rotatable bonds is 5. The first kappa shape index (κ1) is 39.9. The largest absolute Gasteiger partial charge is 2.00 e. The van der Waals surface area contributed by atoms with Gasteiger partial charge in [-0.15, -0.1) is 35.7 Å². The second kappa shape index (κ2) is 14.0. The summed E-state index contributed by atoms with van der Waals surface area (Å²) in [4.78, 5) is 4.73. The smallest absolute Gasteiger partial charge is 0.509 e. The Morgan fingerprint density at radius 1 is 0.618 bits per heavy atom. The fourth-order valence-electron chi connectivity index (χ4n) is 6.79. The summed E-state index contributed by atoms with van der Waals surface area (Å²) in [6, 6.07) is 27.7. The number of fused-ring (bicyclic) bond motifs is 3. The Labute approximate surface area is 331 Å². The van der Waals surface area contributed by atoms with Gasteiger partial charge < -0.3 is 9.30 Å². The Morgan fingerprint density at radius 2 is 1.25 bits per heavy atom. The minimum Gasteiger partial charge on any atom is -0.509 e. The van der Waals surface area contributed by atoms with Crippen molar-refractivity contribution in [3.8, 4) is 34.1 Å². The van der Waals surface area contributed by atoms with E-state index in [9.17, 15) is 13.2 Å². The summed E-state index contributed by atoms with van der Waals surface area (Å²) in [5.74, 6) is -8.71. The number of para-hydroxylation sites is 1. The topological polar surface area (TPSA) is 44.9 Å². The van der Waals surface area contributed by atoms with E-state index in [4.69, 9.17) is 14.8 Å². The molecule has 0 saturated carbocycles. The third-order valence-electron chi connectivity index (χ3n) is 9.36. The molecule has 5 nitrogen and oxygen atoms in total. The van der Waals surface area contributed by atoms with Crippen molar-refractivity contribution in [1.82, 2.24) is 19.3 Å². The molecule has 0 radical (unpaired) electrons. The molecule has 0 amide bonds. The molecule has 0 N–H and O–H groups in total. The summed E-state index contributed by atoms with van der Waals surface area (Å²) >= 11 is 0. The summed E-state index contributed by atoms with van der Waals surface area (Å²) in [6.07, 6.45) is 1.81. The van der Waals surface area contributed by atoms with Gasteiger partial charge >= 0.3 is 21.1 Å². The second-order valence-electron chi connectivity index (χ2n) is 16.5. The number of hydrogen-bond acceptors (Lipinski definition) is 3. The fraction of sp³-hybridized carbons (Fsp3) is 0.273. The number of benzene rings is 4. The first-order valence-corrected chi connectivity index (χ1v) is 17.6. The maximum atomic E-state index is 15.5. The minimum atomic E-state index is -2.22. The van der Waals surface area contributed by atoms with Gasteiger partial charge in [-0.1, -0.05) is 86.0 Å². The standard InChI is InChI=1S/C44H39F5N4O.Pt/c1-42(2,3)24-19-20-50-32(21-24)52-30-16-11-10-15-28(30)29-18-17-27(23-31(29)52)54-26-14-12-13-25(22-26)53-41(44(7,8)9)34(40(51-53)43(4,5)6)33-35(45)37(47)39(49)38(48)36(33)46;/h10-21H,1-9H3;/q-2;+2. The molecular weight excluding hydrogens is 891 g/mol. The Balaban J connectivity index is 0.00000514. The van der Waals surface area contributed by atoms with Crippen LogP contribution in [0.5, 0.6) is 11.5 Å². The molecule has 0 aliphatic rings. The number of nitrogens with zero attached hydrogens (tertiary/aromatic N) is 4. The molecule has 0 unspecified atom stereocenters. The molecule has 0 aliphatic carbocycles. The fourth-order valence-corrected chi connectivity index (χ4v) is 6.79. The van der Waals surface area contributed by atoms with E-state index in [2.05, 4.69) is 49.6 Å². The first-order valence-electron chi connectivity index (χ1n) is 17.6. The van der Waals surface area contributed by atoms with Gasteiger partial charge in [0.15, 0.2) is 23.3 Å².